The molecular formula is C25H36FN3O3S. The average Bonchev–Trinajstić information content (AvgIpc) is 2.72. The Balaban J connectivity index is 1.70. The molecular weight excluding hydrogens is 441 g/mol. The lowest BCUT2D eigenvalue weighted by Gasteiger charge is -2.38. The molecule has 6 nitrogen and oxygen atoms in total. The van der Waals surface area contributed by atoms with Gasteiger partial charge in [-0.3, -0.25) is 4.72 Å². The van der Waals surface area contributed by atoms with Crippen LogP contribution in [0.4, 0.5) is 21.5 Å². The van der Waals surface area contributed by atoms with Gasteiger partial charge in [0, 0.05) is 36.6 Å². The standard InChI is InChI=1S/C25H36FN3O3S/c1-7-21-23(29-15-17(2)32-18(3)16-29)13-12-22(24(21)26)27-14-19-8-10-20(11-9-19)28-33(30,31)25(4,5)6/h8-13,17-18,27-28H,7,14-16H2,1-6H3/t17-,18+. The Bertz CT molecular complexity index is 1060. The van der Waals surface area contributed by atoms with Gasteiger partial charge in [-0.15, -0.1) is 0 Å². The topological polar surface area (TPSA) is 70.7 Å². The van der Waals surface area contributed by atoms with Crippen LogP contribution >= 0.6 is 0 Å². The van der Waals surface area contributed by atoms with E-state index in [-0.39, 0.29) is 18.0 Å². The summed E-state index contributed by atoms with van der Waals surface area (Å²) in [5.74, 6) is -0.226. The van der Waals surface area contributed by atoms with Gasteiger partial charge in [0.2, 0.25) is 10.0 Å². The summed E-state index contributed by atoms with van der Waals surface area (Å²) in [5, 5.41) is 3.19. The van der Waals surface area contributed by atoms with E-state index in [1.54, 1.807) is 39.0 Å². The first-order chi connectivity index (χ1) is 15.4. The van der Waals surface area contributed by atoms with Crippen LogP contribution in [0.1, 0.15) is 52.7 Å². The highest BCUT2D eigenvalue weighted by atomic mass is 32.2. The van der Waals surface area contributed by atoms with Gasteiger partial charge < -0.3 is 15.0 Å². The van der Waals surface area contributed by atoms with Crippen molar-refractivity contribution in [2.24, 2.45) is 0 Å². The van der Waals surface area contributed by atoms with Crippen LogP contribution in [-0.2, 0) is 27.7 Å². The smallest absolute Gasteiger partial charge is 0.237 e. The van der Waals surface area contributed by atoms with Crippen molar-refractivity contribution in [3.05, 3.63) is 53.3 Å². The van der Waals surface area contributed by atoms with Crippen molar-refractivity contribution < 1.29 is 17.5 Å². The zero-order chi connectivity index (χ0) is 24.4. The highest BCUT2D eigenvalue weighted by molar-refractivity contribution is 7.94. The molecule has 3 rings (SSSR count). The third-order valence-electron chi connectivity index (χ3n) is 5.83. The molecule has 0 radical (unpaired) electrons. The van der Waals surface area contributed by atoms with E-state index in [1.165, 1.54) is 0 Å². The van der Waals surface area contributed by atoms with Crippen LogP contribution in [0.15, 0.2) is 36.4 Å². The highest BCUT2D eigenvalue weighted by Gasteiger charge is 2.29. The van der Waals surface area contributed by atoms with Gasteiger partial charge in [0.25, 0.3) is 0 Å². The third kappa shape index (κ3) is 5.98. The monoisotopic (exact) mass is 477 g/mol. The summed E-state index contributed by atoms with van der Waals surface area (Å²) in [6, 6.07) is 10.9. The minimum absolute atomic E-state index is 0.107. The summed E-state index contributed by atoms with van der Waals surface area (Å²) in [6.45, 7) is 12.9. The van der Waals surface area contributed by atoms with Crippen molar-refractivity contribution in [1.29, 1.82) is 0 Å². The second kappa shape index (κ2) is 9.89. The predicted molar refractivity (Wildman–Crippen MR) is 134 cm³/mol. The summed E-state index contributed by atoms with van der Waals surface area (Å²) in [7, 11) is -3.48. The van der Waals surface area contributed by atoms with Gasteiger partial charge in [0.1, 0.15) is 0 Å². The number of halogens is 1. The SMILES string of the molecule is CCc1c(N2C[C@@H](C)O[C@@H](C)C2)ccc(NCc2ccc(NS(=O)(=O)C(C)(C)C)cc2)c1F. The lowest BCUT2D eigenvalue weighted by atomic mass is 10.0. The maximum absolute atomic E-state index is 15.3. The van der Waals surface area contributed by atoms with Crippen LogP contribution in [0.3, 0.4) is 0 Å². The molecule has 8 heteroatoms. The number of benzene rings is 2. The second-order valence-corrected chi connectivity index (χ2v) is 12.1. The zero-order valence-electron chi connectivity index (χ0n) is 20.4. The molecule has 1 heterocycles. The molecule has 0 unspecified atom stereocenters. The maximum Gasteiger partial charge on any atom is 0.237 e. The van der Waals surface area contributed by atoms with E-state index in [0.29, 0.717) is 29.9 Å². The molecule has 1 fully saturated rings. The molecule has 0 bridgehead atoms. The molecule has 2 aromatic carbocycles. The van der Waals surface area contributed by atoms with Crippen LogP contribution in [0, 0.1) is 5.82 Å². The Hall–Kier alpha value is -2.32. The van der Waals surface area contributed by atoms with Gasteiger partial charge in [-0.25, -0.2) is 12.8 Å². The minimum atomic E-state index is -3.48. The predicted octanol–water partition coefficient (Wildman–Crippen LogP) is 5.15. The Morgan fingerprint density at radius 3 is 2.21 bits per heavy atom. The molecule has 2 N–H and O–H groups in total. The number of ether oxygens (including phenoxy) is 1. The fraction of sp³-hybridized carbons (Fsp3) is 0.520. The Labute approximate surface area is 197 Å². The van der Waals surface area contributed by atoms with Gasteiger partial charge in [-0.2, -0.15) is 0 Å². The molecule has 1 aliphatic heterocycles. The molecule has 1 saturated heterocycles. The number of nitrogens with one attached hydrogen (secondary N) is 2. The van der Waals surface area contributed by atoms with E-state index in [9.17, 15) is 8.42 Å². The highest BCUT2D eigenvalue weighted by Crippen LogP contribution is 2.31. The second-order valence-electron chi connectivity index (χ2n) is 9.71. The first-order valence-corrected chi connectivity index (χ1v) is 13.0. The van der Waals surface area contributed by atoms with Crippen molar-refractivity contribution in [1.82, 2.24) is 0 Å². The summed E-state index contributed by atoms with van der Waals surface area (Å²) < 4.78 is 47.5. The van der Waals surface area contributed by atoms with Crippen molar-refractivity contribution in [3.8, 4) is 0 Å². The molecule has 0 amide bonds. The molecule has 0 aromatic heterocycles. The fourth-order valence-electron chi connectivity index (χ4n) is 3.95. The van der Waals surface area contributed by atoms with Crippen molar-refractivity contribution >= 4 is 27.1 Å². The summed E-state index contributed by atoms with van der Waals surface area (Å²) >= 11 is 0. The fourth-order valence-corrected chi connectivity index (χ4v) is 4.70. The largest absolute Gasteiger partial charge is 0.379 e. The van der Waals surface area contributed by atoms with Gasteiger partial charge >= 0.3 is 0 Å². The van der Waals surface area contributed by atoms with E-state index >= 15 is 4.39 Å². The number of nitrogens with zero attached hydrogens (tertiary/aromatic N) is 1. The van der Waals surface area contributed by atoms with Gasteiger partial charge in [0.15, 0.2) is 5.82 Å². The number of morpholine rings is 1. The summed E-state index contributed by atoms with van der Waals surface area (Å²) in [5.41, 5.74) is 3.52. The number of anilines is 3. The molecule has 33 heavy (non-hydrogen) atoms. The quantitative estimate of drug-likeness (QED) is 0.577. The molecule has 2 aromatic rings. The lowest BCUT2D eigenvalue weighted by Crippen LogP contribution is -2.45. The number of hydrogen-bond donors (Lipinski definition) is 2. The van der Waals surface area contributed by atoms with Crippen LogP contribution in [0.5, 0.6) is 0 Å². The van der Waals surface area contributed by atoms with Gasteiger partial charge in [-0.1, -0.05) is 19.1 Å². The van der Waals surface area contributed by atoms with Crippen LogP contribution in [-0.4, -0.2) is 38.5 Å². The zero-order valence-corrected chi connectivity index (χ0v) is 21.2. The van der Waals surface area contributed by atoms with Crippen LogP contribution < -0.4 is 14.9 Å². The van der Waals surface area contributed by atoms with Crippen LogP contribution in [0.2, 0.25) is 0 Å². The van der Waals surface area contributed by atoms with E-state index in [0.717, 1.165) is 24.3 Å². The summed E-state index contributed by atoms with van der Waals surface area (Å²) in [6.07, 6.45) is 0.810. The van der Waals surface area contributed by atoms with E-state index in [2.05, 4.69) is 14.9 Å². The van der Waals surface area contributed by atoms with Gasteiger partial charge in [0.05, 0.1) is 22.6 Å². The Morgan fingerprint density at radius 1 is 1.06 bits per heavy atom. The molecule has 0 saturated carbocycles. The van der Waals surface area contributed by atoms with Crippen molar-refractivity contribution in [2.45, 2.75) is 71.5 Å². The lowest BCUT2D eigenvalue weighted by molar-refractivity contribution is -0.00527. The van der Waals surface area contributed by atoms with E-state index in [4.69, 9.17) is 4.74 Å². The normalized spacial score (nSPS) is 19.4. The van der Waals surface area contributed by atoms with Crippen molar-refractivity contribution in [3.63, 3.8) is 0 Å². The molecule has 2 atom stereocenters. The van der Waals surface area contributed by atoms with Crippen LogP contribution in [0.25, 0.3) is 0 Å². The average molecular weight is 478 g/mol. The molecule has 0 aliphatic carbocycles. The first-order valence-electron chi connectivity index (χ1n) is 11.5. The summed E-state index contributed by atoms with van der Waals surface area (Å²) in [4.78, 5) is 2.21. The number of hydrogen-bond acceptors (Lipinski definition) is 5. The Morgan fingerprint density at radius 2 is 1.67 bits per heavy atom. The van der Waals surface area contributed by atoms with E-state index in [1.807, 2.05) is 39.0 Å². The molecule has 0 spiro atoms. The number of sulfonamides is 1. The first kappa shape index (κ1) is 25.3. The Kier molecular flexibility index (Phi) is 7.59. The van der Waals surface area contributed by atoms with Crippen molar-refractivity contribution in [2.75, 3.05) is 28.0 Å². The van der Waals surface area contributed by atoms with E-state index < -0.39 is 14.8 Å². The van der Waals surface area contributed by atoms with Gasteiger partial charge in [-0.05, 0) is 70.9 Å². The third-order valence-corrected chi connectivity index (χ3v) is 7.94. The number of rotatable bonds is 7. The maximum atomic E-state index is 15.3. The minimum Gasteiger partial charge on any atom is -0.379 e. The molecule has 1 aliphatic rings. The molecule has 182 valence electrons.